The molecule has 0 aromatic heterocycles. The van der Waals surface area contributed by atoms with Gasteiger partial charge in [0.25, 0.3) is 5.91 Å². The zero-order chi connectivity index (χ0) is 18.1. The largest absolute Gasteiger partial charge is 0.487 e. The smallest absolute Gasteiger partial charge is 0.400 e. The summed E-state index contributed by atoms with van der Waals surface area (Å²) in [6, 6.07) is 7.62. The van der Waals surface area contributed by atoms with E-state index >= 15 is 0 Å². The molecule has 0 aliphatic carbocycles. The molecule has 3 rings (SSSR count). The van der Waals surface area contributed by atoms with Crippen LogP contribution in [0.1, 0.15) is 43.6 Å². The third-order valence-electron chi connectivity index (χ3n) is 5.15. The Balaban J connectivity index is 1.69. The van der Waals surface area contributed by atoms with Gasteiger partial charge >= 0.3 is 7.12 Å². The number of benzene rings is 1. The maximum absolute atomic E-state index is 12.6. The number of morpholine rings is 1. The van der Waals surface area contributed by atoms with Gasteiger partial charge in [-0.25, -0.2) is 0 Å². The van der Waals surface area contributed by atoms with E-state index in [-0.39, 0.29) is 24.2 Å². The Bertz CT molecular complexity index is 649. The van der Waals surface area contributed by atoms with Crippen molar-refractivity contribution in [3.8, 4) is 0 Å². The molecule has 134 valence electrons. The third kappa shape index (κ3) is 3.97. The lowest BCUT2D eigenvalue weighted by Gasteiger charge is -2.32. The molecular formula is C19H26BNO4. The fourth-order valence-electron chi connectivity index (χ4n) is 2.88. The predicted octanol–water partition coefficient (Wildman–Crippen LogP) is 2.80. The van der Waals surface area contributed by atoms with Gasteiger partial charge in [-0.1, -0.05) is 24.2 Å². The van der Waals surface area contributed by atoms with Gasteiger partial charge in [0, 0.05) is 18.7 Å². The zero-order valence-corrected chi connectivity index (χ0v) is 15.5. The molecular weight excluding hydrogens is 317 g/mol. The van der Waals surface area contributed by atoms with Gasteiger partial charge in [0.1, 0.15) is 0 Å². The van der Waals surface area contributed by atoms with Crippen molar-refractivity contribution in [2.24, 2.45) is 0 Å². The molecule has 0 unspecified atom stereocenters. The first-order valence-corrected chi connectivity index (χ1v) is 8.79. The van der Waals surface area contributed by atoms with Gasteiger partial charge in [0.05, 0.1) is 24.4 Å². The van der Waals surface area contributed by atoms with Crippen molar-refractivity contribution in [2.45, 2.75) is 38.9 Å². The molecule has 0 spiro atoms. The minimum absolute atomic E-state index is 0.0502. The van der Waals surface area contributed by atoms with E-state index in [9.17, 15) is 4.79 Å². The van der Waals surface area contributed by atoms with Crippen molar-refractivity contribution < 1.29 is 18.8 Å². The second kappa shape index (κ2) is 6.94. The molecule has 2 saturated heterocycles. The Morgan fingerprint density at radius 2 is 1.76 bits per heavy atom. The van der Waals surface area contributed by atoms with E-state index in [1.54, 1.807) is 0 Å². The van der Waals surface area contributed by atoms with E-state index in [0.29, 0.717) is 31.9 Å². The number of rotatable bonds is 3. The average Bonchev–Trinajstić information content (AvgIpc) is 2.80. The van der Waals surface area contributed by atoms with Gasteiger partial charge in [0.2, 0.25) is 0 Å². The van der Waals surface area contributed by atoms with Gasteiger partial charge in [-0.2, -0.15) is 0 Å². The maximum Gasteiger partial charge on any atom is 0.487 e. The highest BCUT2D eigenvalue weighted by molar-refractivity contribution is 6.52. The van der Waals surface area contributed by atoms with E-state index in [1.165, 1.54) is 0 Å². The van der Waals surface area contributed by atoms with Crippen LogP contribution in [0.4, 0.5) is 0 Å². The third-order valence-corrected chi connectivity index (χ3v) is 5.15. The van der Waals surface area contributed by atoms with Crippen molar-refractivity contribution in [2.75, 3.05) is 26.3 Å². The molecule has 1 aromatic carbocycles. The average molecular weight is 343 g/mol. The molecule has 0 bridgehead atoms. The fraction of sp³-hybridized carbons (Fsp3) is 0.526. The lowest BCUT2D eigenvalue weighted by Crippen LogP contribution is -2.41. The van der Waals surface area contributed by atoms with Crippen LogP contribution in [0.25, 0.3) is 6.08 Å². The van der Waals surface area contributed by atoms with Crippen molar-refractivity contribution >= 4 is 19.1 Å². The van der Waals surface area contributed by atoms with Crippen LogP contribution in [-0.2, 0) is 14.0 Å². The van der Waals surface area contributed by atoms with Crippen molar-refractivity contribution in [3.63, 3.8) is 0 Å². The summed E-state index contributed by atoms with van der Waals surface area (Å²) in [5, 5.41) is 0. The monoisotopic (exact) mass is 343 g/mol. The van der Waals surface area contributed by atoms with E-state index in [4.69, 9.17) is 14.0 Å². The number of amides is 1. The lowest BCUT2D eigenvalue weighted by atomic mass is 9.89. The lowest BCUT2D eigenvalue weighted by molar-refractivity contribution is 0.00578. The second-order valence-electron chi connectivity index (χ2n) is 7.51. The minimum atomic E-state index is -0.386. The molecule has 0 N–H and O–H groups in total. The van der Waals surface area contributed by atoms with Gasteiger partial charge < -0.3 is 18.9 Å². The van der Waals surface area contributed by atoms with Crippen molar-refractivity contribution in [1.29, 1.82) is 0 Å². The van der Waals surface area contributed by atoms with Crippen LogP contribution in [0.2, 0.25) is 0 Å². The predicted molar refractivity (Wildman–Crippen MR) is 98.3 cm³/mol. The summed E-state index contributed by atoms with van der Waals surface area (Å²) >= 11 is 0. The number of nitrogens with zero attached hydrogens (tertiary/aromatic N) is 1. The summed E-state index contributed by atoms with van der Waals surface area (Å²) in [4.78, 5) is 14.4. The topological polar surface area (TPSA) is 48.0 Å². The number of ether oxygens (including phenoxy) is 1. The SMILES string of the molecule is CC1(C)OB(C=Cc2cccc(C(=O)N3CCOCC3)c2)OC1(C)C. The van der Waals surface area contributed by atoms with Crippen LogP contribution in [0.5, 0.6) is 0 Å². The summed E-state index contributed by atoms with van der Waals surface area (Å²) in [6.07, 6.45) is 1.94. The maximum atomic E-state index is 12.6. The molecule has 2 aliphatic rings. The number of carbonyl (C=O) groups is 1. The van der Waals surface area contributed by atoms with Gasteiger partial charge in [0.15, 0.2) is 0 Å². The van der Waals surface area contributed by atoms with Crippen LogP contribution in [0.15, 0.2) is 30.2 Å². The minimum Gasteiger partial charge on any atom is -0.400 e. The highest BCUT2D eigenvalue weighted by atomic mass is 16.7. The molecule has 25 heavy (non-hydrogen) atoms. The summed E-state index contributed by atoms with van der Waals surface area (Å²) in [6.45, 7) is 10.6. The van der Waals surface area contributed by atoms with Crippen LogP contribution >= 0.6 is 0 Å². The van der Waals surface area contributed by atoms with Crippen LogP contribution < -0.4 is 0 Å². The van der Waals surface area contributed by atoms with E-state index in [2.05, 4.69) is 0 Å². The van der Waals surface area contributed by atoms with Gasteiger partial charge in [-0.15, -0.1) is 0 Å². The van der Waals surface area contributed by atoms with Crippen LogP contribution in [0.3, 0.4) is 0 Å². The fourth-order valence-corrected chi connectivity index (χ4v) is 2.88. The van der Waals surface area contributed by atoms with Crippen LogP contribution in [-0.4, -0.2) is 55.4 Å². The summed E-state index contributed by atoms with van der Waals surface area (Å²) in [7, 11) is -0.386. The van der Waals surface area contributed by atoms with E-state index < -0.39 is 0 Å². The Morgan fingerprint density at radius 1 is 1.12 bits per heavy atom. The highest BCUT2D eigenvalue weighted by Gasteiger charge is 2.49. The normalized spacial score (nSPS) is 22.6. The molecule has 1 amide bonds. The van der Waals surface area contributed by atoms with Gasteiger partial charge in [-0.05, 0) is 45.4 Å². The first-order chi connectivity index (χ1) is 11.8. The quantitative estimate of drug-likeness (QED) is 0.792. The Morgan fingerprint density at radius 3 is 2.40 bits per heavy atom. The molecule has 0 atom stereocenters. The molecule has 2 fully saturated rings. The Hall–Kier alpha value is -1.63. The zero-order valence-electron chi connectivity index (χ0n) is 15.5. The first-order valence-electron chi connectivity index (χ1n) is 8.79. The summed E-state index contributed by atoms with van der Waals surface area (Å²) in [5.41, 5.74) is 0.943. The summed E-state index contributed by atoms with van der Waals surface area (Å²) < 4.78 is 17.2. The number of hydrogen-bond acceptors (Lipinski definition) is 4. The Labute approximate surface area is 150 Å². The second-order valence-corrected chi connectivity index (χ2v) is 7.51. The standard InChI is InChI=1S/C19H26BNO4/c1-18(2)19(3,4)25-20(24-18)9-8-15-6-5-7-16(14-15)17(22)21-10-12-23-13-11-21/h5-9,14H,10-13H2,1-4H3. The molecule has 6 heteroatoms. The summed E-state index contributed by atoms with van der Waals surface area (Å²) in [5.74, 6) is 1.95. The first kappa shape index (κ1) is 18.2. The van der Waals surface area contributed by atoms with Crippen LogP contribution in [0, 0.1) is 0 Å². The van der Waals surface area contributed by atoms with Crippen molar-refractivity contribution in [1.82, 2.24) is 4.90 Å². The number of hydrogen-bond donors (Lipinski definition) is 0. The van der Waals surface area contributed by atoms with Crippen molar-refractivity contribution in [3.05, 3.63) is 41.4 Å². The Kier molecular flexibility index (Phi) is 5.05. The van der Waals surface area contributed by atoms with E-state index in [0.717, 1.165) is 5.56 Å². The van der Waals surface area contributed by atoms with E-state index in [1.807, 2.05) is 68.9 Å². The molecule has 1 aromatic rings. The molecule has 0 radical (unpaired) electrons. The van der Waals surface area contributed by atoms with Gasteiger partial charge in [-0.3, -0.25) is 4.79 Å². The number of carbonyl (C=O) groups excluding carboxylic acids is 1. The molecule has 0 saturated carbocycles. The molecule has 2 aliphatic heterocycles. The molecule has 5 nitrogen and oxygen atoms in total. The molecule has 2 heterocycles. The highest BCUT2D eigenvalue weighted by Crippen LogP contribution is 2.37.